The molecule has 4 heteroatoms. The molecule has 2 aromatic rings. The minimum absolute atomic E-state index is 0.728. The SMILES string of the molecule is CCOCCN(C)c1ccnc2cc(N)ccc12. The van der Waals surface area contributed by atoms with Gasteiger partial charge in [-0.1, -0.05) is 0 Å². The summed E-state index contributed by atoms with van der Waals surface area (Å²) in [5, 5.41) is 1.12. The van der Waals surface area contributed by atoms with Crippen molar-refractivity contribution in [3.63, 3.8) is 0 Å². The lowest BCUT2D eigenvalue weighted by molar-refractivity contribution is 0.154. The fourth-order valence-corrected chi connectivity index (χ4v) is 1.95. The van der Waals surface area contributed by atoms with Crippen molar-refractivity contribution in [1.82, 2.24) is 4.98 Å². The van der Waals surface area contributed by atoms with Crippen LogP contribution in [0.1, 0.15) is 6.92 Å². The first kappa shape index (κ1) is 12.6. The van der Waals surface area contributed by atoms with Crippen molar-refractivity contribution in [3.05, 3.63) is 30.5 Å². The number of hydrogen-bond acceptors (Lipinski definition) is 4. The van der Waals surface area contributed by atoms with Crippen LogP contribution in [0.15, 0.2) is 30.5 Å². The number of benzene rings is 1. The summed E-state index contributed by atoms with van der Waals surface area (Å²) in [5.74, 6) is 0. The molecule has 0 amide bonds. The maximum atomic E-state index is 5.77. The van der Waals surface area contributed by atoms with Crippen LogP contribution in [0.5, 0.6) is 0 Å². The summed E-state index contributed by atoms with van der Waals surface area (Å²) in [6.07, 6.45) is 1.81. The quantitative estimate of drug-likeness (QED) is 0.648. The summed E-state index contributed by atoms with van der Waals surface area (Å²) in [5.41, 5.74) is 8.59. The molecule has 0 aliphatic rings. The molecular weight excluding hydrogens is 226 g/mol. The highest BCUT2D eigenvalue weighted by atomic mass is 16.5. The fourth-order valence-electron chi connectivity index (χ4n) is 1.95. The number of ether oxygens (including phenoxy) is 1. The Bertz CT molecular complexity index is 527. The summed E-state index contributed by atoms with van der Waals surface area (Å²) in [6.45, 7) is 4.34. The Morgan fingerprint density at radius 3 is 2.94 bits per heavy atom. The lowest BCUT2D eigenvalue weighted by Crippen LogP contribution is -2.22. The van der Waals surface area contributed by atoms with Crippen molar-refractivity contribution < 1.29 is 4.74 Å². The summed E-state index contributed by atoms with van der Waals surface area (Å²) in [4.78, 5) is 6.52. The van der Waals surface area contributed by atoms with Crippen molar-refractivity contribution in [3.8, 4) is 0 Å². The summed E-state index contributed by atoms with van der Waals surface area (Å²) in [7, 11) is 2.06. The normalized spacial score (nSPS) is 10.8. The van der Waals surface area contributed by atoms with Gasteiger partial charge in [-0.05, 0) is 31.2 Å². The van der Waals surface area contributed by atoms with Crippen LogP contribution in [0.25, 0.3) is 10.9 Å². The zero-order chi connectivity index (χ0) is 13.0. The van der Waals surface area contributed by atoms with Crippen LogP contribution in [0.2, 0.25) is 0 Å². The van der Waals surface area contributed by atoms with Gasteiger partial charge in [0.15, 0.2) is 0 Å². The van der Waals surface area contributed by atoms with E-state index in [0.717, 1.165) is 42.0 Å². The van der Waals surface area contributed by atoms with Gasteiger partial charge in [-0.15, -0.1) is 0 Å². The summed E-state index contributed by atoms with van der Waals surface area (Å²) >= 11 is 0. The Balaban J connectivity index is 2.27. The molecule has 96 valence electrons. The Kier molecular flexibility index (Phi) is 3.99. The molecule has 0 saturated heterocycles. The molecular formula is C14H19N3O. The lowest BCUT2D eigenvalue weighted by atomic mass is 10.1. The third-order valence-electron chi connectivity index (χ3n) is 2.93. The van der Waals surface area contributed by atoms with E-state index in [1.54, 1.807) is 0 Å². The molecule has 0 aliphatic heterocycles. The number of fused-ring (bicyclic) bond motifs is 1. The lowest BCUT2D eigenvalue weighted by Gasteiger charge is -2.20. The first-order chi connectivity index (χ1) is 8.72. The fraction of sp³-hybridized carbons (Fsp3) is 0.357. The third kappa shape index (κ3) is 2.71. The topological polar surface area (TPSA) is 51.4 Å². The number of aromatic nitrogens is 1. The van der Waals surface area contributed by atoms with Crippen molar-refractivity contribution in [1.29, 1.82) is 0 Å². The van der Waals surface area contributed by atoms with Gasteiger partial charge in [-0.3, -0.25) is 4.98 Å². The average molecular weight is 245 g/mol. The minimum atomic E-state index is 0.728. The monoisotopic (exact) mass is 245 g/mol. The van der Waals surface area contributed by atoms with Gasteiger partial charge in [0, 0.05) is 43.2 Å². The van der Waals surface area contributed by atoms with E-state index in [1.807, 2.05) is 37.4 Å². The van der Waals surface area contributed by atoms with Crippen LogP contribution in [0.4, 0.5) is 11.4 Å². The standard InChI is InChI=1S/C14H19N3O/c1-3-18-9-8-17(2)14-6-7-16-13-10-11(15)4-5-12(13)14/h4-7,10H,3,8-9,15H2,1-2H3. The molecule has 1 aromatic heterocycles. The number of anilines is 2. The number of rotatable bonds is 5. The summed E-state index contributed by atoms with van der Waals surface area (Å²) in [6, 6.07) is 7.84. The number of nitrogens with zero attached hydrogens (tertiary/aromatic N) is 2. The highest BCUT2D eigenvalue weighted by Crippen LogP contribution is 2.25. The number of nitrogen functional groups attached to an aromatic ring is 1. The van der Waals surface area contributed by atoms with Gasteiger partial charge in [-0.25, -0.2) is 0 Å². The van der Waals surface area contributed by atoms with E-state index in [2.05, 4.69) is 16.9 Å². The maximum absolute atomic E-state index is 5.77. The highest BCUT2D eigenvalue weighted by molar-refractivity contribution is 5.93. The Hall–Kier alpha value is -1.81. The first-order valence-corrected chi connectivity index (χ1v) is 6.15. The molecule has 0 radical (unpaired) electrons. The molecule has 0 bridgehead atoms. The largest absolute Gasteiger partial charge is 0.399 e. The van der Waals surface area contributed by atoms with Crippen molar-refractivity contribution in [2.24, 2.45) is 0 Å². The van der Waals surface area contributed by atoms with Gasteiger partial charge in [0.1, 0.15) is 0 Å². The molecule has 2 rings (SSSR count). The Morgan fingerprint density at radius 1 is 1.33 bits per heavy atom. The van der Waals surface area contributed by atoms with Crippen LogP contribution < -0.4 is 10.6 Å². The zero-order valence-electron chi connectivity index (χ0n) is 10.9. The van der Waals surface area contributed by atoms with Gasteiger partial charge in [0.05, 0.1) is 12.1 Å². The van der Waals surface area contributed by atoms with E-state index >= 15 is 0 Å². The van der Waals surface area contributed by atoms with Crippen molar-refractivity contribution >= 4 is 22.3 Å². The Morgan fingerprint density at radius 2 is 2.17 bits per heavy atom. The van der Waals surface area contributed by atoms with Crippen LogP contribution in [0.3, 0.4) is 0 Å². The van der Waals surface area contributed by atoms with Gasteiger partial charge >= 0.3 is 0 Å². The molecule has 4 nitrogen and oxygen atoms in total. The number of likely N-dealkylation sites (N-methyl/N-ethyl adjacent to an activating group) is 1. The van der Waals surface area contributed by atoms with Crippen LogP contribution in [-0.2, 0) is 4.74 Å². The first-order valence-electron chi connectivity index (χ1n) is 6.15. The molecule has 0 unspecified atom stereocenters. The van der Waals surface area contributed by atoms with Gasteiger partial charge in [-0.2, -0.15) is 0 Å². The zero-order valence-corrected chi connectivity index (χ0v) is 10.9. The molecule has 1 aromatic carbocycles. The molecule has 0 fully saturated rings. The van der Waals surface area contributed by atoms with Gasteiger partial charge in [0.2, 0.25) is 0 Å². The average Bonchev–Trinajstić information content (AvgIpc) is 2.37. The van der Waals surface area contributed by atoms with Gasteiger partial charge in [0.25, 0.3) is 0 Å². The number of pyridine rings is 1. The van der Waals surface area contributed by atoms with Crippen molar-refractivity contribution in [2.75, 3.05) is 37.4 Å². The predicted octanol–water partition coefficient (Wildman–Crippen LogP) is 2.29. The Labute approximate surface area is 107 Å². The van der Waals surface area contributed by atoms with E-state index in [1.165, 1.54) is 0 Å². The predicted molar refractivity (Wildman–Crippen MR) is 75.9 cm³/mol. The summed E-state index contributed by atoms with van der Waals surface area (Å²) < 4.78 is 5.38. The molecule has 0 spiro atoms. The van der Waals surface area contributed by atoms with Crippen LogP contribution in [-0.4, -0.2) is 31.8 Å². The van der Waals surface area contributed by atoms with E-state index in [-0.39, 0.29) is 0 Å². The van der Waals surface area contributed by atoms with Crippen molar-refractivity contribution in [2.45, 2.75) is 6.92 Å². The van der Waals surface area contributed by atoms with Crippen LogP contribution in [0, 0.1) is 0 Å². The number of hydrogen-bond donors (Lipinski definition) is 1. The molecule has 18 heavy (non-hydrogen) atoms. The molecule has 0 saturated carbocycles. The molecule has 1 heterocycles. The highest BCUT2D eigenvalue weighted by Gasteiger charge is 2.06. The molecule has 0 atom stereocenters. The van der Waals surface area contributed by atoms with E-state index < -0.39 is 0 Å². The van der Waals surface area contributed by atoms with E-state index in [9.17, 15) is 0 Å². The number of nitrogens with two attached hydrogens (primary N) is 1. The second kappa shape index (κ2) is 5.69. The third-order valence-corrected chi connectivity index (χ3v) is 2.93. The molecule has 2 N–H and O–H groups in total. The second-order valence-corrected chi connectivity index (χ2v) is 4.23. The maximum Gasteiger partial charge on any atom is 0.0743 e. The van der Waals surface area contributed by atoms with Crippen LogP contribution >= 0.6 is 0 Å². The van der Waals surface area contributed by atoms with E-state index in [0.29, 0.717) is 0 Å². The molecule has 0 aliphatic carbocycles. The second-order valence-electron chi connectivity index (χ2n) is 4.23. The minimum Gasteiger partial charge on any atom is -0.399 e. The van der Waals surface area contributed by atoms with Gasteiger partial charge < -0.3 is 15.4 Å². The smallest absolute Gasteiger partial charge is 0.0743 e. The van der Waals surface area contributed by atoms with E-state index in [4.69, 9.17) is 10.5 Å².